The van der Waals surface area contributed by atoms with E-state index in [2.05, 4.69) is 47.7 Å². The molecule has 1 atom stereocenters. The van der Waals surface area contributed by atoms with E-state index in [9.17, 15) is 8.42 Å². The second-order valence-corrected chi connectivity index (χ2v) is 8.69. The first-order chi connectivity index (χ1) is 13.0. The first kappa shape index (κ1) is 20.0. The second kappa shape index (κ2) is 8.97. The molecule has 2 aromatic carbocycles. The van der Waals surface area contributed by atoms with Crippen LogP contribution >= 0.6 is 0 Å². The van der Waals surface area contributed by atoms with Crippen molar-refractivity contribution in [2.75, 3.05) is 32.8 Å². The molecule has 1 N–H and O–H groups in total. The van der Waals surface area contributed by atoms with Crippen molar-refractivity contribution in [3.63, 3.8) is 0 Å². The van der Waals surface area contributed by atoms with Gasteiger partial charge in [-0.1, -0.05) is 48.9 Å². The lowest BCUT2D eigenvalue weighted by atomic mass is 10.0. The van der Waals surface area contributed by atoms with Gasteiger partial charge in [0.1, 0.15) is 0 Å². The Morgan fingerprint density at radius 2 is 1.67 bits per heavy atom. The van der Waals surface area contributed by atoms with Gasteiger partial charge in [0.15, 0.2) is 0 Å². The molecule has 6 heteroatoms. The van der Waals surface area contributed by atoms with Gasteiger partial charge in [0.05, 0.1) is 18.1 Å². The minimum atomic E-state index is -3.54. The molecule has 27 heavy (non-hydrogen) atoms. The summed E-state index contributed by atoms with van der Waals surface area (Å²) in [5.74, 6) is 0. The largest absolute Gasteiger partial charge is 0.379 e. The number of nitrogens with zero attached hydrogens (tertiary/aromatic N) is 1. The van der Waals surface area contributed by atoms with E-state index in [1.165, 1.54) is 5.56 Å². The Hall–Kier alpha value is -1.73. The molecule has 1 unspecified atom stereocenters. The Morgan fingerprint density at radius 1 is 1.04 bits per heavy atom. The summed E-state index contributed by atoms with van der Waals surface area (Å²) in [4.78, 5) is 2.60. The van der Waals surface area contributed by atoms with Gasteiger partial charge in [-0.05, 0) is 36.6 Å². The van der Waals surface area contributed by atoms with Crippen molar-refractivity contribution in [2.45, 2.75) is 31.2 Å². The van der Waals surface area contributed by atoms with Gasteiger partial charge >= 0.3 is 0 Å². The maximum atomic E-state index is 12.8. The first-order valence-electron chi connectivity index (χ1n) is 9.46. The summed E-state index contributed by atoms with van der Waals surface area (Å²) in [5, 5.41) is 0. The van der Waals surface area contributed by atoms with Crippen LogP contribution in [0.4, 0.5) is 0 Å². The third-order valence-corrected chi connectivity index (χ3v) is 6.50. The number of benzene rings is 2. The molecule has 0 aromatic heterocycles. The summed E-state index contributed by atoms with van der Waals surface area (Å²) in [7, 11) is -3.54. The zero-order valence-corrected chi connectivity index (χ0v) is 16.8. The van der Waals surface area contributed by atoms with Crippen molar-refractivity contribution in [3.8, 4) is 0 Å². The highest BCUT2D eigenvalue weighted by Crippen LogP contribution is 2.23. The minimum absolute atomic E-state index is 0.0146. The first-order valence-corrected chi connectivity index (χ1v) is 10.9. The van der Waals surface area contributed by atoms with Gasteiger partial charge in [-0.15, -0.1) is 0 Å². The van der Waals surface area contributed by atoms with Gasteiger partial charge in [0.2, 0.25) is 10.0 Å². The van der Waals surface area contributed by atoms with Crippen LogP contribution in [0.15, 0.2) is 53.4 Å². The van der Waals surface area contributed by atoms with Crippen molar-refractivity contribution in [1.82, 2.24) is 9.62 Å². The van der Waals surface area contributed by atoms with Crippen molar-refractivity contribution in [1.29, 1.82) is 0 Å². The average molecular weight is 389 g/mol. The van der Waals surface area contributed by atoms with Gasteiger partial charge < -0.3 is 4.74 Å². The highest BCUT2D eigenvalue weighted by atomic mass is 32.2. The van der Waals surface area contributed by atoms with Crippen LogP contribution in [-0.2, 0) is 21.2 Å². The number of aryl methyl sites for hydroxylation is 2. The standard InChI is InChI=1S/C21H28N2O3S/c1-3-18-6-10-20(11-7-18)27(24,25)22-16-21(23-12-14-26-15-13-23)19-8-4-17(2)5-9-19/h4-11,21-22H,3,12-16H2,1-2H3. The Labute approximate surface area is 162 Å². The van der Waals surface area contributed by atoms with Crippen LogP contribution in [0.5, 0.6) is 0 Å². The Bertz CT molecular complexity index is 827. The topological polar surface area (TPSA) is 58.6 Å². The molecule has 1 aliphatic rings. The monoisotopic (exact) mass is 388 g/mol. The van der Waals surface area contributed by atoms with Crippen molar-refractivity contribution >= 4 is 10.0 Å². The average Bonchev–Trinajstić information content (AvgIpc) is 2.70. The lowest BCUT2D eigenvalue weighted by Crippen LogP contribution is -2.43. The Morgan fingerprint density at radius 3 is 2.26 bits per heavy atom. The highest BCUT2D eigenvalue weighted by molar-refractivity contribution is 7.89. The van der Waals surface area contributed by atoms with Crippen LogP contribution in [0.25, 0.3) is 0 Å². The fourth-order valence-electron chi connectivity index (χ4n) is 3.31. The highest BCUT2D eigenvalue weighted by Gasteiger charge is 2.25. The maximum absolute atomic E-state index is 12.8. The molecule has 0 spiro atoms. The number of morpholine rings is 1. The van der Waals surface area contributed by atoms with Gasteiger partial charge in [0.25, 0.3) is 0 Å². The van der Waals surface area contributed by atoms with E-state index in [1.807, 2.05) is 12.1 Å². The van der Waals surface area contributed by atoms with Crippen LogP contribution in [0.1, 0.15) is 29.7 Å². The zero-order valence-electron chi connectivity index (χ0n) is 16.0. The molecular weight excluding hydrogens is 360 g/mol. The molecule has 1 saturated heterocycles. The van der Waals surface area contributed by atoms with Crippen molar-refractivity contribution < 1.29 is 13.2 Å². The SMILES string of the molecule is CCc1ccc(S(=O)(=O)NCC(c2ccc(C)cc2)N2CCOCC2)cc1. The zero-order chi connectivity index (χ0) is 19.3. The molecule has 5 nitrogen and oxygen atoms in total. The minimum Gasteiger partial charge on any atom is -0.379 e. The molecular formula is C21H28N2O3S. The van der Waals surface area contributed by atoms with Crippen molar-refractivity contribution in [3.05, 3.63) is 65.2 Å². The molecule has 0 aliphatic carbocycles. The smallest absolute Gasteiger partial charge is 0.240 e. The second-order valence-electron chi connectivity index (χ2n) is 6.92. The van der Waals surface area contributed by atoms with E-state index in [0.717, 1.165) is 30.6 Å². The van der Waals surface area contributed by atoms with Crippen LogP contribution < -0.4 is 4.72 Å². The third kappa shape index (κ3) is 5.17. The summed E-state index contributed by atoms with van der Waals surface area (Å²) >= 11 is 0. The molecule has 1 heterocycles. The van der Waals surface area contributed by atoms with Crippen LogP contribution in [0.3, 0.4) is 0 Å². The number of ether oxygens (including phenoxy) is 1. The molecule has 0 bridgehead atoms. The fourth-order valence-corrected chi connectivity index (χ4v) is 4.35. The summed E-state index contributed by atoms with van der Waals surface area (Å²) in [6.45, 7) is 7.38. The predicted octanol–water partition coefficient (Wildman–Crippen LogP) is 2.91. The van der Waals surface area contributed by atoms with Crippen LogP contribution in [0.2, 0.25) is 0 Å². The summed E-state index contributed by atoms with van der Waals surface area (Å²) in [6.07, 6.45) is 0.889. The Kier molecular flexibility index (Phi) is 6.65. The summed E-state index contributed by atoms with van der Waals surface area (Å²) in [5.41, 5.74) is 3.43. The van der Waals surface area contributed by atoms with E-state index in [0.29, 0.717) is 24.7 Å². The normalized spacial score (nSPS) is 17.0. The van der Waals surface area contributed by atoms with E-state index >= 15 is 0 Å². The van der Waals surface area contributed by atoms with E-state index in [-0.39, 0.29) is 6.04 Å². The molecule has 3 rings (SSSR count). The maximum Gasteiger partial charge on any atom is 0.240 e. The summed E-state index contributed by atoms with van der Waals surface area (Å²) < 4.78 is 33.8. The number of hydrogen-bond acceptors (Lipinski definition) is 4. The molecule has 2 aromatic rings. The molecule has 0 radical (unpaired) electrons. The van der Waals surface area contributed by atoms with E-state index in [4.69, 9.17) is 4.74 Å². The molecule has 1 fully saturated rings. The van der Waals surface area contributed by atoms with E-state index in [1.54, 1.807) is 12.1 Å². The van der Waals surface area contributed by atoms with Gasteiger partial charge in [-0.25, -0.2) is 13.1 Å². The van der Waals surface area contributed by atoms with E-state index < -0.39 is 10.0 Å². The lowest BCUT2D eigenvalue weighted by molar-refractivity contribution is 0.0172. The molecule has 1 aliphatic heterocycles. The van der Waals surface area contributed by atoms with Gasteiger partial charge in [-0.3, -0.25) is 4.90 Å². The quantitative estimate of drug-likeness (QED) is 0.792. The summed E-state index contributed by atoms with van der Waals surface area (Å²) in [6, 6.07) is 15.4. The van der Waals surface area contributed by atoms with Gasteiger partial charge in [0, 0.05) is 25.7 Å². The molecule has 0 saturated carbocycles. The van der Waals surface area contributed by atoms with Gasteiger partial charge in [-0.2, -0.15) is 0 Å². The lowest BCUT2D eigenvalue weighted by Gasteiger charge is -2.35. The number of hydrogen-bond donors (Lipinski definition) is 1. The third-order valence-electron chi connectivity index (χ3n) is 5.06. The fraction of sp³-hybridized carbons (Fsp3) is 0.429. The molecule has 146 valence electrons. The van der Waals surface area contributed by atoms with Crippen molar-refractivity contribution in [2.24, 2.45) is 0 Å². The number of rotatable bonds is 7. The number of sulfonamides is 1. The number of nitrogens with one attached hydrogen (secondary N) is 1. The molecule has 0 amide bonds. The Balaban J connectivity index is 1.77. The van der Waals surface area contributed by atoms with Crippen LogP contribution in [0, 0.1) is 6.92 Å². The predicted molar refractivity (Wildman–Crippen MR) is 107 cm³/mol. The van der Waals surface area contributed by atoms with Crippen LogP contribution in [-0.4, -0.2) is 46.2 Å².